The molecule has 0 fully saturated rings. The fourth-order valence-corrected chi connectivity index (χ4v) is 4.24. The van der Waals surface area contributed by atoms with E-state index in [1.807, 2.05) is 58.9 Å². The van der Waals surface area contributed by atoms with Crippen LogP contribution in [0.25, 0.3) is 0 Å². The Morgan fingerprint density at radius 1 is 1.00 bits per heavy atom. The maximum absolute atomic E-state index is 13.5. The zero-order chi connectivity index (χ0) is 25.0. The van der Waals surface area contributed by atoms with Gasteiger partial charge >= 0.3 is 0 Å². The standard InChI is InChI=1S/C25H35N3O4S/c1-18-11-13-22(14-12-18)28(33(7,31)32)17-23(29)27(16-21-10-8-9-19(2)15-21)20(3)24(30)26-25(4,5)6/h8-15,20H,16-17H2,1-7H3,(H,26,30)/t20-/m1/s1. The molecule has 0 saturated heterocycles. The van der Waals surface area contributed by atoms with Gasteiger partial charge in [-0.25, -0.2) is 8.42 Å². The molecule has 180 valence electrons. The van der Waals surface area contributed by atoms with Crippen LogP contribution in [-0.4, -0.2) is 49.5 Å². The van der Waals surface area contributed by atoms with Gasteiger partial charge in [0.05, 0.1) is 11.9 Å². The largest absolute Gasteiger partial charge is 0.350 e. The van der Waals surface area contributed by atoms with Crippen LogP contribution in [0.1, 0.15) is 44.4 Å². The molecule has 2 aromatic rings. The summed E-state index contributed by atoms with van der Waals surface area (Å²) in [6.45, 7) is 10.9. The summed E-state index contributed by atoms with van der Waals surface area (Å²) in [5, 5.41) is 2.91. The first kappa shape index (κ1) is 26.4. The zero-order valence-corrected chi connectivity index (χ0v) is 21.4. The number of hydrogen-bond acceptors (Lipinski definition) is 4. The highest BCUT2D eigenvalue weighted by Crippen LogP contribution is 2.20. The van der Waals surface area contributed by atoms with Crippen molar-refractivity contribution >= 4 is 27.5 Å². The zero-order valence-electron chi connectivity index (χ0n) is 20.5. The second kappa shape index (κ2) is 10.4. The summed E-state index contributed by atoms with van der Waals surface area (Å²) in [4.78, 5) is 27.8. The number of sulfonamides is 1. The number of benzene rings is 2. The van der Waals surface area contributed by atoms with Crippen molar-refractivity contribution in [2.45, 2.75) is 59.7 Å². The first-order valence-corrected chi connectivity index (χ1v) is 12.7. The predicted molar refractivity (Wildman–Crippen MR) is 132 cm³/mol. The van der Waals surface area contributed by atoms with E-state index in [0.717, 1.165) is 27.3 Å². The number of anilines is 1. The van der Waals surface area contributed by atoms with Crippen LogP contribution >= 0.6 is 0 Å². The highest BCUT2D eigenvalue weighted by Gasteiger charge is 2.31. The minimum atomic E-state index is -3.73. The minimum absolute atomic E-state index is 0.185. The molecule has 0 aliphatic heterocycles. The molecular formula is C25H35N3O4S. The normalized spacial score (nSPS) is 12.7. The van der Waals surface area contributed by atoms with E-state index in [2.05, 4.69) is 5.32 Å². The number of hydrogen-bond donors (Lipinski definition) is 1. The number of nitrogens with zero attached hydrogens (tertiary/aromatic N) is 2. The molecule has 8 heteroatoms. The second-order valence-electron chi connectivity index (χ2n) is 9.53. The van der Waals surface area contributed by atoms with Crippen molar-refractivity contribution in [2.24, 2.45) is 0 Å². The quantitative estimate of drug-likeness (QED) is 0.637. The first-order chi connectivity index (χ1) is 15.2. The van der Waals surface area contributed by atoms with Gasteiger partial charge in [-0.15, -0.1) is 0 Å². The lowest BCUT2D eigenvalue weighted by molar-refractivity contribution is -0.140. The van der Waals surface area contributed by atoms with Gasteiger partial charge in [0.15, 0.2) is 0 Å². The van der Waals surface area contributed by atoms with E-state index in [1.165, 1.54) is 4.90 Å². The van der Waals surface area contributed by atoms with Gasteiger partial charge in [-0.05, 0) is 59.2 Å². The van der Waals surface area contributed by atoms with Gasteiger partial charge in [-0.3, -0.25) is 13.9 Å². The molecule has 0 aliphatic rings. The lowest BCUT2D eigenvalue weighted by Crippen LogP contribution is -2.54. The Kier molecular flexibility index (Phi) is 8.30. The van der Waals surface area contributed by atoms with Gasteiger partial charge in [0.1, 0.15) is 12.6 Å². The average Bonchev–Trinajstić information content (AvgIpc) is 2.68. The molecule has 0 aliphatic carbocycles. The van der Waals surface area contributed by atoms with Crippen LogP contribution in [0, 0.1) is 13.8 Å². The average molecular weight is 474 g/mol. The summed E-state index contributed by atoms with van der Waals surface area (Å²) in [6, 6.07) is 13.8. The molecule has 2 rings (SSSR count). The molecule has 0 unspecified atom stereocenters. The highest BCUT2D eigenvalue weighted by atomic mass is 32.2. The summed E-state index contributed by atoms with van der Waals surface area (Å²) < 4.78 is 26.2. The molecule has 0 spiro atoms. The Bertz CT molecular complexity index is 1090. The number of nitrogens with one attached hydrogen (secondary N) is 1. The topological polar surface area (TPSA) is 86.8 Å². The Balaban J connectivity index is 2.39. The van der Waals surface area contributed by atoms with Crippen LogP contribution in [0.15, 0.2) is 48.5 Å². The van der Waals surface area contributed by atoms with Crippen molar-refractivity contribution in [3.63, 3.8) is 0 Å². The van der Waals surface area contributed by atoms with Gasteiger partial charge in [-0.2, -0.15) is 0 Å². The summed E-state index contributed by atoms with van der Waals surface area (Å²) in [7, 11) is -3.73. The molecule has 0 aromatic heterocycles. The third-order valence-electron chi connectivity index (χ3n) is 5.10. The lowest BCUT2D eigenvalue weighted by Gasteiger charge is -2.33. The smallest absolute Gasteiger partial charge is 0.244 e. The van der Waals surface area contributed by atoms with E-state index in [0.29, 0.717) is 5.69 Å². The van der Waals surface area contributed by atoms with Crippen molar-refractivity contribution < 1.29 is 18.0 Å². The van der Waals surface area contributed by atoms with E-state index in [4.69, 9.17) is 0 Å². The van der Waals surface area contributed by atoms with Crippen LogP contribution in [-0.2, 0) is 26.2 Å². The van der Waals surface area contributed by atoms with E-state index in [-0.39, 0.29) is 12.5 Å². The monoisotopic (exact) mass is 473 g/mol. The summed E-state index contributed by atoms with van der Waals surface area (Å²) >= 11 is 0. The molecule has 1 atom stereocenters. The summed E-state index contributed by atoms with van der Waals surface area (Å²) in [6.07, 6.45) is 1.07. The fraction of sp³-hybridized carbons (Fsp3) is 0.440. The molecule has 2 aromatic carbocycles. The van der Waals surface area contributed by atoms with Crippen LogP contribution in [0.4, 0.5) is 5.69 Å². The Morgan fingerprint density at radius 2 is 1.61 bits per heavy atom. The van der Waals surface area contributed by atoms with Crippen molar-refractivity contribution in [1.29, 1.82) is 0 Å². The molecule has 1 N–H and O–H groups in total. The number of carbonyl (C=O) groups excluding carboxylic acids is 2. The minimum Gasteiger partial charge on any atom is -0.350 e. The maximum atomic E-state index is 13.5. The molecule has 0 heterocycles. The third-order valence-corrected chi connectivity index (χ3v) is 6.24. The Hall–Kier alpha value is -2.87. The maximum Gasteiger partial charge on any atom is 0.244 e. The van der Waals surface area contributed by atoms with Crippen LogP contribution in [0.5, 0.6) is 0 Å². The summed E-state index contributed by atoms with van der Waals surface area (Å²) in [5.41, 5.74) is 2.80. The third kappa shape index (κ3) is 7.89. The van der Waals surface area contributed by atoms with Crippen molar-refractivity contribution in [1.82, 2.24) is 10.2 Å². The van der Waals surface area contributed by atoms with Crippen molar-refractivity contribution in [2.75, 3.05) is 17.1 Å². The van der Waals surface area contributed by atoms with Crippen LogP contribution in [0.3, 0.4) is 0 Å². The number of rotatable bonds is 8. The SMILES string of the molecule is Cc1ccc(N(CC(=O)N(Cc2cccc(C)c2)[C@H](C)C(=O)NC(C)(C)C)S(C)(=O)=O)cc1. The second-order valence-corrected chi connectivity index (χ2v) is 11.4. The number of amides is 2. The van der Waals surface area contributed by atoms with E-state index in [9.17, 15) is 18.0 Å². The first-order valence-electron chi connectivity index (χ1n) is 10.9. The molecule has 7 nitrogen and oxygen atoms in total. The molecule has 33 heavy (non-hydrogen) atoms. The highest BCUT2D eigenvalue weighted by molar-refractivity contribution is 7.92. The van der Waals surface area contributed by atoms with Crippen LogP contribution in [0.2, 0.25) is 0 Å². The Morgan fingerprint density at radius 3 is 2.12 bits per heavy atom. The summed E-state index contributed by atoms with van der Waals surface area (Å²) in [5.74, 6) is -0.760. The molecule has 2 amide bonds. The van der Waals surface area contributed by atoms with Gasteiger partial charge < -0.3 is 10.2 Å². The van der Waals surface area contributed by atoms with Crippen molar-refractivity contribution in [3.8, 4) is 0 Å². The Labute approximate surface area is 197 Å². The number of carbonyl (C=O) groups is 2. The van der Waals surface area contributed by atoms with Crippen molar-refractivity contribution in [3.05, 3.63) is 65.2 Å². The van der Waals surface area contributed by atoms with Gasteiger partial charge in [-0.1, -0.05) is 47.5 Å². The predicted octanol–water partition coefficient (Wildman–Crippen LogP) is 3.40. The molecular weight excluding hydrogens is 438 g/mol. The fourth-order valence-electron chi connectivity index (χ4n) is 3.39. The van der Waals surface area contributed by atoms with Gasteiger partial charge in [0, 0.05) is 12.1 Å². The van der Waals surface area contributed by atoms with E-state index < -0.39 is 34.1 Å². The molecule has 0 bridgehead atoms. The van der Waals surface area contributed by atoms with E-state index in [1.54, 1.807) is 31.2 Å². The van der Waals surface area contributed by atoms with Gasteiger partial charge in [0.2, 0.25) is 21.8 Å². The molecule has 0 radical (unpaired) electrons. The van der Waals surface area contributed by atoms with Gasteiger partial charge in [0.25, 0.3) is 0 Å². The molecule has 0 saturated carbocycles. The van der Waals surface area contributed by atoms with E-state index >= 15 is 0 Å². The lowest BCUT2D eigenvalue weighted by atomic mass is 10.1. The number of aryl methyl sites for hydroxylation is 2. The van der Waals surface area contributed by atoms with Crippen LogP contribution < -0.4 is 9.62 Å².